The second kappa shape index (κ2) is 8.94. The van der Waals surface area contributed by atoms with E-state index in [1.165, 1.54) is 15.5 Å². The van der Waals surface area contributed by atoms with Crippen molar-refractivity contribution in [2.45, 2.75) is 6.92 Å². The first kappa shape index (κ1) is 20.8. The van der Waals surface area contributed by atoms with Crippen LogP contribution in [0.4, 0.5) is 5.69 Å². The molecule has 0 aromatic heterocycles. The van der Waals surface area contributed by atoms with E-state index >= 15 is 0 Å². The molecular formula is C16H24BrN4O4S+. The van der Waals surface area contributed by atoms with Crippen molar-refractivity contribution < 1.29 is 22.9 Å². The maximum Gasteiger partial charge on any atom is 0.313 e. The number of amides is 2. The molecule has 26 heavy (non-hydrogen) atoms. The van der Waals surface area contributed by atoms with Crippen LogP contribution in [0.15, 0.2) is 22.7 Å². The monoisotopic (exact) mass is 447 g/mol. The van der Waals surface area contributed by atoms with Crippen LogP contribution in [-0.4, -0.2) is 70.1 Å². The molecule has 8 nitrogen and oxygen atoms in total. The van der Waals surface area contributed by atoms with E-state index in [1.807, 2.05) is 13.0 Å². The number of hydrogen-bond donors (Lipinski definition) is 3. The highest BCUT2D eigenvalue weighted by atomic mass is 79.9. The highest BCUT2D eigenvalue weighted by Crippen LogP contribution is 2.19. The molecule has 0 radical (unpaired) electrons. The highest BCUT2D eigenvalue weighted by molar-refractivity contribution is 9.10. The van der Waals surface area contributed by atoms with E-state index in [1.54, 1.807) is 12.1 Å². The van der Waals surface area contributed by atoms with E-state index in [4.69, 9.17) is 0 Å². The van der Waals surface area contributed by atoms with Crippen molar-refractivity contribution in [3.8, 4) is 0 Å². The second-order valence-electron chi connectivity index (χ2n) is 6.34. The Bertz CT molecular complexity index is 776. The fourth-order valence-corrected chi connectivity index (χ4v) is 3.82. The lowest BCUT2D eigenvalue weighted by Crippen LogP contribution is -3.15. The SMILES string of the molecule is Cc1cc(NC(=O)C(=O)NCC[NH+]2CCN(S(C)(=O)=O)CC2)ccc1Br. The smallest absolute Gasteiger partial charge is 0.313 e. The van der Waals surface area contributed by atoms with Crippen LogP contribution in [-0.2, 0) is 19.6 Å². The largest absolute Gasteiger partial charge is 0.342 e. The van der Waals surface area contributed by atoms with E-state index in [9.17, 15) is 18.0 Å². The predicted octanol–water partition coefficient (Wildman–Crippen LogP) is -1.03. The van der Waals surface area contributed by atoms with Crippen molar-refractivity contribution >= 4 is 43.5 Å². The number of sulfonamides is 1. The average molecular weight is 448 g/mol. The van der Waals surface area contributed by atoms with Crippen molar-refractivity contribution in [2.24, 2.45) is 0 Å². The Hall–Kier alpha value is -1.49. The standard InChI is InChI=1S/C16H23BrN4O4S/c1-12-11-13(3-4-14(12)17)19-16(23)15(22)18-5-6-20-7-9-21(10-8-20)26(2,24)25/h3-4,11H,5-10H2,1-2H3,(H,18,22)(H,19,23)/p+1. The highest BCUT2D eigenvalue weighted by Gasteiger charge is 2.25. The summed E-state index contributed by atoms with van der Waals surface area (Å²) in [6.45, 7) is 5.23. The Balaban J connectivity index is 1.71. The number of piperazine rings is 1. The lowest BCUT2D eigenvalue weighted by Gasteiger charge is -2.30. The summed E-state index contributed by atoms with van der Waals surface area (Å²) >= 11 is 3.38. The van der Waals surface area contributed by atoms with Crippen molar-refractivity contribution in [2.75, 3.05) is 50.8 Å². The Morgan fingerprint density at radius 2 is 1.88 bits per heavy atom. The minimum absolute atomic E-state index is 0.361. The van der Waals surface area contributed by atoms with E-state index in [2.05, 4.69) is 26.6 Å². The van der Waals surface area contributed by atoms with Crippen LogP contribution in [0, 0.1) is 6.92 Å². The lowest BCUT2D eigenvalue weighted by molar-refractivity contribution is -0.902. The van der Waals surface area contributed by atoms with Crippen LogP contribution in [0.2, 0.25) is 0 Å². The molecule has 2 rings (SSSR count). The molecular weight excluding hydrogens is 424 g/mol. The van der Waals surface area contributed by atoms with Gasteiger partial charge in [-0.25, -0.2) is 8.42 Å². The molecule has 2 amide bonds. The fourth-order valence-electron chi connectivity index (χ4n) is 2.73. The van der Waals surface area contributed by atoms with Gasteiger partial charge in [0.2, 0.25) is 10.0 Å². The molecule has 0 atom stereocenters. The van der Waals surface area contributed by atoms with Gasteiger partial charge in [-0.05, 0) is 30.7 Å². The topological polar surface area (TPSA) is 100 Å². The van der Waals surface area contributed by atoms with Gasteiger partial charge in [0.25, 0.3) is 0 Å². The molecule has 3 N–H and O–H groups in total. The van der Waals surface area contributed by atoms with Gasteiger partial charge in [0.05, 0.1) is 45.5 Å². The molecule has 1 saturated heterocycles. The molecule has 1 heterocycles. The number of hydrogen-bond acceptors (Lipinski definition) is 4. The first-order valence-corrected chi connectivity index (χ1v) is 10.9. The molecule has 1 aromatic rings. The minimum Gasteiger partial charge on any atom is -0.342 e. The van der Waals surface area contributed by atoms with Gasteiger partial charge in [-0.2, -0.15) is 4.31 Å². The van der Waals surface area contributed by atoms with Gasteiger partial charge in [-0.3, -0.25) is 9.59 Å². The molecule has 0 spiro atoms. The fraction of sp³-hybridized carbons (Fsp3) is 0.500. The van der Waals surface area contributed by atoms with Gasteiger partial charge in [0.15, 0.2) is 0 Å². The summed E-state index contributed by atoms with van der Waals surface area (Å²) in [7, 11) is -3.14. The van der Waals surface area contributed by atoms with Gasteiger partial charge in [-0.15, -0.1) is 0 Å². The van der Waals surface area contributed by atoms with E-state index in [-0.39, 0.29) is 0 Å². The first-order chi connectivity index (χ1) is 12.2. The molecule has 1 aliphatic rings. The molecule has 0 saturated carbocycles. The van der Waals surface area contributed by atoms with E-state index in [0.717, 1.165) is 10.0 Å². The Morgan fingerprint density at radius 3 is 2.46 bits per heavy atom. The Kier molecular flexibility index (Phi) is 7.16. The summed E-state index contributed by atoms with van der Waals surface area (Å²) in [5.41, 5.74) is 1.52. The van der Waals surface area contributed by atoms with Crippen LogP contribution in [0.5, 0.6) is 0 Å². The number of benzene rings is 1. The van der Waals surface area contributed by atoms with Gasteiger partial charge in [0.1, 0.15) is 0 Å². The summed E-state index contributed by atoms with van der Waals surface area (Å²) in [4.78, 5) is 25.0. The zero-order valence-corrected chi connectivity index (χ0v) is 17.2. The summed E-state index contributed by atoms with van der Waals surface area (Å²) in [6.07, 6.45) is 1.21. The van der Waals surface area contributed by atoms with E-state index < -0.39 is 21.8 Å². The summed E-state index contributed by atoms with van der Waals surface area (Å²) in [5.74, 6) is -1.39. The van der Waals surface area contributed by atoms with Crippen molar-refractivity contribution in [1.29, 1.82) is 0 Å². The molecule has 1 aromatic carbocycles. The molecule has 0 aliphatic carbocycles. The average Bonchev–Trinajstić information content (AvgIpc) is 2.57. The molecule has 1 fully saturated rings. The third kappa shape index (κ3) is 6.04. The first-order valence-electron chi connectivity index (χ1n) is 8.31. The summed E-state index contributed by atoms with van der Waals surface area (Å²) in [5, 5.41) is 5.17. The number of quaternary nitrogens is 1. The van der Waals surface area contributed by atoms with Crippen LogP contribution >= 0.6 is 15.9 Å². The van der Waals surface area contributed by atoms with Gasteiger partial charge in [-0.1, -0.05) is 15.9 Å². The summed E-state index contributed by atoms with van der Waals surface area (Å²) < 4.78 is 25.3. The number of anilines is 1. The van der Waals surface area contributed by atoms with Crippen LogP contribution in [0.25, 0.3) is 0 Å². The number of carbonyl (C=O) groups is 2. The third-order valence-corrected chi connectivity index (χ3v) is 6.48. The number of carbonyl (C=O) groups excluding carboxylic acids is 2. The van der Waals surface area contributed by atoms with Gasteiger partial charge >= 0.3 is 11.8 Å². The molecule has 144 valence electrons. The Morgan fingerprint density at radius 1 is 1.23 bits per heavy atom. The summed E-state index contributed by atoms with van der Waals surface area (Å²) in [6, 6.07) is 5.30. The minimum atomic E-state index is -3.14. The Labute approximate surface area is 162 Å². The predicted molar refractivity (Wildman–Crippen MR) is 102 cm³/mol. The number of nitrogens with zero attached hydrogens (tertiary/aromatic N) is 1. The van der Waals surface area contributed by atoms with Crippen LogP contribution in [0.3, 0.4) is 0 Å². The lowest BCUT2D eigenvalue weighted by atomic mass is 10.2. The maximum absolute atomic E-state index is 11.9. The normalized spacial score (nSPS) is 16.3. The molecule has 10 heteroatoms. The van der Waals surface area contributed by atoms with Crippen molar-refractivity contribution in [1.82, 2.24) is 9.62 Å². The molecule has 1 aliphatic heterocycles. The van der Waals surface area contributed by atoms with E-state index in [0.29, 0.717) is 45.0 Å². The number of halogens is 1. The number of rotatable bonds is 5. The second-order valence-corrected chi connectivity index (χ2v) is 9.17. The number of aryl methyl sites for hydroxylation is 1. The zero-order chi connectivity index (χ0) is 19.3. The zero-order valence-electron chi connectivity index (χ0n) is 14.8. The van der Waals surface area contributed by atoms with Crippen LogP contribution in [0.1, 0.15) is 5.56 Å². The van der Waals surface area contributed by atoms with Crippen molar-refractivity contribution in [3.63, 3.8) is 0 Å². The van der Waals surface area contributed by atoms with Crippen molar-refractivity contribution in [3.05, 3.63) is 28.2 Å². The quantitative estimate of drug-likeness (QED) is 0.502. The third-order valence-electron chi connectivity index (χ3n) is 4.28. The number of nitrogens with one attached hydrogen (secondary N) is 3. The van der Waals surface area contributed by atoms with Crippen LogP contribution < -0.4 is 15.5 Å². The molecule has 0 bridgehead atoms. The maximum atomic E-state index is 11.9. The van der Waals surface area contributed by atoms with Gasteiger partial charge in [0, 0.05) is 10.2 Å². The molecule has 0 unspecified atom stereocenters. The van der Waals surface area contributed by atoms with Gasteiger partial charge < -0.3 is 15.5 Å².